The van der Waals surface area contributed by atoms with Crippen LogP contribution in [0, 0.1) is 53.0 Å². The summed E-state index contributed by atoms with van der Waals surface area (Å²) in [5.41, 5.74) is -3.62. The van der Waals surface area contributed by atoms with E-state index in [1.54, 1.807) is 12.1 Å². The van der Waals surface area contributed by atoms with Crippen LogP contribution in [0.15, 0.2) is 29.8 Å². The Labute approximate surface area is 203 Å². The predicted molar refractivity (Wildman–Crippen MR) is 126 cm³/mol. The van der Waals surface area contributed by atoms with Crippen molar-refractivity contribution in [1.82, 2.24) is 4.90 Å². The molecule has 36 heavy (non-hydrogen) atoms. The Hall–Kier alpha value is -5.17. The van der Waals surface area contributed by atoms with Crippen molar-refractivity contribution in [3.05, 3.63) is 76.9 Å². The first kappa shape index (κ1) is 25.5. The highest BCUT2D eigenvalue weighted by Crippen LogP contribution is 2.53. The zero-order valence-electron chi connectivity index (χ0n) is 19.2. The molecule has 0 aromatic heterocycles. The van der Waals surface area contributed by atoms with Crippen LogP contribution >= 0.6 is 0 Å². The van der Waals surface area contributed by atoms with Crippen LogP contribution in [0.2, 0.25) is 0 Å². The second-order valence-corrected chi connectivity index (χ2v) is 7.84. The van der Waals surface area contributed by atoms with Gasteiger partial charge in [0.05, 0.1) is 32.0 Å². The quantitative estimate of drug-likeness (QED) is 0.248. The molecule has 2 aromatic carbocycles. The van der Waals surface area contributed by atoms with E-state index in [0.29, 0.717) is 25.9 Å². The van der Waals surface area contributed by atoms with E-state index in [-0.39, 0.29) is 33.4 Å². The van der Waals surface area contributed by atoms with E-state index >= 15 is 0 Å². The average molecular weight is 490 g/mol. The van der Waals surface area contributed by atoms with E-state index in [9.17, 15) is 45.7 Å². The predicted octanol–water partition coefficient (Wildman–Crippen LogP) is 4.50. The smallest absolute Gasteiger partial charge is 0.284 e. The van der Waals surface area contributed by atoms with E-state index in [0.717, 1.165) is 24.3 Å². The number of amides is 1. The molecule has 13 heteroatoms. The lowest BCUT2D eigenvalue weighted by Crippen LogP contribution is -2.33. The molecular formula is C23H18N6O7. The minimum Gasteiger partial charge on any atom is -0.339 e. The van der Waals surface area contributed by atoms with Crippen molar-refractivity contribution in [2.45, 2.75) is 26.7 Å². The lowest BCUT2D eigenvalue weighted by Gasteiger charge is -2.23. The fourth-order valence-corrected chi connectivity index (χ4v) is 4.26. The molecule has 0 spiro atoms. The first-order valence-electron chi connectivity index (χ1n) is 10.7. The number of carbonyl (C=O) groups excluding carboxylic acids is 1. The molecule has 0 unspecified atom stereocenters. The number of rotatable bonds is 8. The number of hydrogen-bond donors (Lipinski definition) is 0. The molecule has 0 fully saturated rings. The highest BCUT2D eigenvalue weighted by atomic mass is 16.6. The maximum atomic E-state index is 13.6. The Kier molecular flexibility index (Phi) is 7.06. The van der Waals surface area contributed by atoms with Crippen LogP contribution in [-0.2, 0) is 0 Å². The third-order valence-corrected chi connectivity index (χ3v) is 5.61. The molecule has 0 bridgehead atoms. The van der Waals surface area contributed by atoms with Crippen molar-refractivity contribution in [3.63, 3.8) is 0 Å². The van der Waals surface area contributed by atoms with Crippen LogP contribution < -0.4 is 0 Å². The summed E-state index contributed by atoms with van der Waals surface area (Å²) in [5, 5.41) is 54.4. The van der Waals surface area contributed by atoms with Crippen LogP contribution in [0.1, 0.15) is 48.2 Å². The molecule has 0 aliphatic heterocycles. The van der Waals surface area contributed by atoms with Crippen molar-refractivity contribution in [2.75, 3.05) is 13.1 Å². The van der Waals surface area contributed by atoms with E-state index in [1.165, 1.54) is 4.90 Å². The van der Waals surface area contributed by atoms with E-state index < -0.39 is 43.3 Å². The zero-order chi connectivity index (χ0) is 26.7. The molecule has 3 rings (SSSR count). The van der Waals surface area contributed by atoms with Gasteiger partial charge in [-0.15, -0.1) is 0 Å². The Balaban J connectivity index is 2.58. The number of hydrogen-bond acceptors (Lipinski definition) is 9. The van der Waals surface area contributed by atoms with Crippen LogP contribution in [0.3, 0.4) is 0 Å². The Morgan fingerprint density at radius 2 is 1.33 bits per heavy atom. The van der Waals surface area contributed by atoms with Crippen LogP contribution in [-0.4, -0.2) is 38.7 Å². The standard InChI is InChI=1S/C23H18N6O7/c1-3-5-26(6-4-2)23(30)18-9-14(27(31)32)7-16-20(13(11-24)12-25)17-8-15(28(33)34)10-19(29(35)36)22(17)21(16)18/h7-10H,3-6H2,1-2H3. The van der Waals surface area contributed by atoms with Crippen molar-refractivity contribution in [2.24, 2.45) is 0 Å². The first-order valence-corrected chi connectivity index (χ1v) is 10.7. The number of nitro groups is 3. The molecule has 0 radical (unpaired) electrons. The number of nitro benzene ring substituents is 3. The second-order valence-electron chi connectivity index (χ2n) is 7.84. The highest BCUT2D eigenvalue weighted by Gasteiger charge is 2.40. The SMILES string of the molecule is CCCN(CCC)C(=O)c1cc([N+](=O)[O-])cc2c1-c1c(cc([N+](=O)[O-])cc1[N+](=O)[O-])C2=C(C#N)C#N. The molecule has 182 valence electrons. The summed E-state index contributed by atoms with van der Waals surface area (Å²) in [6.07, 6.45) is 1.15. The fourth-order valence-electron chi connectivity index (χ4n) is 4.26. The molecule has 13 nitrogen and oxygen atoms in total. The molecule has 2 aromatic rings. The number of benzene rings is 2. The van der Waals surface area contributed by atoms with Crippen LogP contribution in [0.5, 0.6) is 0 Å². The van der Waals surface area contributed by atoms with Gasteiger partial charge in [-0.2, -0.15) is 10.5 Å². The number of allylic oxidation sites excluding steroid dienone is 1. The monoisotopic (exact) mass is 490 g/mol. The highest BCUT2D eigenvalue weighted by molar-refractivity contribution is 6.14. The van der Waals surface area contributed by atoms with E-state index in [2.05, 4.69) is 0 Å². The summed E-state index contributed by atoms with van der Waals surface area (Å²) < 4.78 is 0. The molecule has 1 aliphatic rings. The average Bonchev–Trinajstić information content (AvgIpc) is 3.17. The third-order valence-electron chi connectivity index (χ3n) is 5.61. The lowest BCUT2D eigenvalue weighted by atomic mass is 9.95. The van der Waals surface area contributed by atoms with Crippen LogP contribution in [0.25, 0.3) is 16.7 Å². The summed E-state index contributed by atoms with van der Waals surface area (Å²) in [5.74, 6) is -0.631. The molecule has 0 saturated carbocycles. The normalized spacial score (nSPS) is 11.1. The molecule has 1 aliphatic carbocycles. The maximum absolute atomic E-state index is 13.6. The van der Waals surface area contributed by atoms with Gasteiger partial charge >= 0.3 is 0 Å². The van der Waals surface area contributed by atoms with Gasteiger partial charge in [0, 0.05) is 53.6 Å². The van der Waals surface area contributed by atoms with Gasteiger partial charge < -0.3 is 4.90 Å². The van der Waals surface area contributed by atoms with Crippen molar-refractivity contribution < 1.29 is 19.6 Å². The minimum absolute atomic E-state index is 0.0857. The van der Waals surface area contributed by atoms with Gasteiger partial charge in [0.15, 0.2) is 0 Å². The number of carbonyl (C=O) groups is 1. The van der Waals surface area contributed by atoms with Crippen molar-refractivity contribution in [1.29, 1.82) is 10.5 Å². The number of nitriles is 2. The summed E-state index contributed by atoms with van der Waals surface area (Å²) >= 11 is 0. The summed E-state index contributed by atoms with van der Waals surface area (Å²) in [4.78, 5) is 47.8. The summed E-state index contributed by atoms with van der Waals surface area (Å²) in [6, 6.07) is 6.98. The van der Waals surface area contributed by atoms with E-state index in [1.807, 2.05) is 13.8 Å². The summed E-state index contributed by atoms with van der Waals surface area (Å²) in [7, 11) is 0. The third kappa shape index (κ3) is 4.21. The molecular weight excluding hydrogens is 472 g/mol. The molecule has 0 saturated heterocycles. The molecule has 0 N–H and O–H groups in total. The second kappa shape index (κ2) is 9.99. The Morgan fingerprint density at radius 1 is 0.833 bits per heavy atom. The summed E-state index contributed by atoms with van der Waals surface area (Å²) in [6.45, 7) is 4.29. The minimum atomic E-state index is -0.873. The van der Waals surface area contributed by atoms with Gasteiger partial charge in [-0.3, -0.25) is 35.1 Å². The van der Waals surface area contributed by atoms with Gasteiger partial charge in [-0.1, -0.05) is 13.8 Å². The zero-order valence-corrected chi connectivity index (χ0v) is 19.2. The molecule has 0 atom stereocenters. The van der Waals surface area contributed by atoms with Gasteiger partial charge in [-0.25, -0.2) is 0 Å². The largest absolute Gasteiger partial charge is 0.339 e. The number of fused-ring (bicyclic) bond motifs is 3. The number of non-ortho nitro benzene ring substituents is 2. The van der Waals surface area contributed by atoms with Gasteiger partial charge in [-0.05, 0) is 12.8 Å². The number of nitrogens with zero attached hydrogens (tertiary/aromatic N) is 6. The topological polar surface area (TPSA) is 197 Å². The molecule has 0 heterocycles. The van der Waals surface area contributed by atoms with Gasteiger partial charge in [0.1, 0.15) is 17.7 Å². The Bertz CT molecular complexity index is 1430. The van der Waals surface area contributed by atoms with Gasteiger partial charge in [0.2, 0.25) is 0 Å². The maximum Gasteiger partial charge on any atom is 0.284 e. The molecule has 1 amide bonds. The van der Waals surface area contributed by atoms with E-state index in [4.69, 9.17) is 0 Å². The van der Waals surface area contributed by atoms with Gasteiger partial charge in [0.25, 0.3) is 23.0 Å². The lowest BCUT2D eigenvalue weighted by molar-refractivity contribution is -0.393. The van der Waals surface area contributed by atoms with Crippen molar-refractivity contribution >= 4 is 28.5 Å². The van der Waals surface area contributed by atoms with Crippen LogP contribution in [0.4, 0.5) is 17.1 Å². The van der Waals surface area contributed by atoms with Crippen molar-refractivity contribution in [3.8, 4) is 23.3 Å². The fraction of sp³-hybridized carbons (Fsp3) is 0.261. The Morgan fingerprint density at radius 3 is 1.78 bits per heavy atom. The first-order chi connectivity index (χ1) is 17.1.